The van der Waals surface area contributed by atoms with E-state index >= 15 is 0 Å². The van der Waals surface area contributed by atoms with Gasteiger partial charge < -0.3 is 5.32 Å². The van der Waals surface area contributed by atoms with E-state index in [1.165, 1.54) is 23.1 Å². The van der Waals surface area contributed by atoms with Crippen molar-refractivity contribution in [3.05, 3.63) is 69.1 Å². The third-order valence-corrected chi connectivity index (χ3v) is 7.27. The van der Waals surface area contributed by atoms with Crippen LogP contribution in [0.3, 0.4) is 0 Å². The summed E-state index contributed by atoms with van der Waals surface area (Å²) in [6, 6.07) is 12.2. The summed E-state index contributed by atoms with van der Waals surface area (Å²) in [5, 5.41) is 7.31. The molecule has 1 atom stereocenters. The smallest absolute Gasteiger partial charge is 0.262 e. The van der Waals surface area contributed by atoms with Gasteiger partial charge in [-0.1, -0.05) is 35.3 Å². The molecule has 2 aromatic carbocycles. The summed E-state index contributed by atoms with van der Waals surface area (Å²) < 4.78 is 0. The van der Waals surface area contributed by atoms with Crippen LogP contribution in [-0.4, -0.2) is 28.0 Å². The zero-order chi connectivity index (χ0) is 22.1. The van der Waals surface area contributed by atoms with Crippen LogP contribution in [0.2, 0.25) is 10.0 Å². The number of rotatable bonds is 5. The van der Waals surface area contributed by atoms with Crippen molar-refractivity contribution in [1.29, 1.82) is 0 Å². The van der Waals surface area contributed by atoms with Crippen LogP contribution in [0.4, 0.5) is 16.5 Å². The van der Waals surface area contributed by atoms with Crippen molar-refractivity contribution in [1.82, 2.24) is 4.98 Å². The fraction of sp³-hybridized carbons (Fsp3) is 0.150. The predicted molar refractivity (Wildman–Crippen MR) is 128 cm³/mol. The number of thioether (sulfide) groups is 1. The number of para-hydroxylation sites is 1. The van der Waals surface area contributed by atoms with Crippen LogP contribution in [0.15, 0.2) is 47.8 Å². The van der Waals surface area contributed by atoms with E-state index in [4.69, 9.17) is 29.0 Å². The van der Waals surface area contributed by atoms with E-state index in [2.05, 4.69) is 10.3 Å². The molecule has 1 unspecified atom stereocenters. The maximum atomic E-state index is 13.3. The summed E-state index contributed by atoms with van der Waals surface area (Å²) in [6.45, 7) is 1.83. The number of hydrogen-bond donors (Lipinski definition) is 2. The Morgan fingerprint density at radius 2 is 2.06 bits per heavy atom. The van der Waals surface area contributed by atoms with Gasteiger partial charge in [-0.25, -0.2) is 15.8 Å². The van der Waals surface area contributed by atoms with Crippen molar-refractivity contribution in [2.75, 3.05) is 21.0 Å². The van der Waals surface area contributed by atoms with Gasteiger partial charge in [-0.2, -0.15) is 0 Å². The lowest BCUT2D eigenvalue weighted by molar-refractivity contribution is -0.116. The van der Waals surface area contributed by atoms with Gasteiger partial charge in [0.25, 0.3) is 11.8 Å². The fourth-order valence-corrected chi connectivity index (χ4v) is 5.06. The van der Waals surface area contributed by atoms with Crippen molar-refractivity contribution >= 4 is 74.6 Å². The molecular formula is C20H17Cl2N5O2S2. The van der Waals surface area contributed by atoms with Gasteiger partial charge >= 0.3 is 0 Å². The van der Waals surface area contributed by atoms with Crippen molar-refractivity contribution < 1.29 is 9.59 Å². The van der Waals surface area contributed by atoms with Crippen LogP contribution in [0.5, 0.6) is 0 Å². The first-order valence-electron chi connectivity index (χ1n) is 9.10. The second kappa shape index (κ2) is 9.05. The Bertz CT molecular complexity index is 1160. The molecule has 1 aromatic heterocycles. The topological polar surface area (TPSA) is 91.6 Å². The molecule has 0 bridgehead atoms. The predicted octanol–water partition coefficient (Wildman–Crippen LogP) is 4.75. The molecule has 31 heavy (non-hydrogen) atoms. The summed E-state index contributed by atoms with van der Waals surface area (Å²) in [5.41, 5.74) is 2.00. The maximum Gasteiger partial charge on any atom is 0.262 e. The van der Waals surface area contributed by atoms with Gasteiger partial charge in [-0.3, -0.25) is 14.5 Å². The molecule has 0 spiro atoms. The number of anilines is 3. The summed E-state index contributed by atoms with van der Waals surface area (Å²) in [4.78, 5) is 31.7. The van der Waals surface area contributed by atoms with Crippen LogP contribution >= 0.6 is 46.3 Å². The number of halogens is 2. The minimum atomic E-state index is -0.560. The normalized spacial score (nSPS) is 15.4. The van der Waals surface area contributed by atoms with Crippen LogP contribution in [0.1, 0.15) is 16.1 Å². The highest BCUT2D eigenvalue weighted by molar-refractivity contribution is 8.00. The number of amides is 2. The third-order valence-electron chi connectivity index (χ3n) is 4.52. The quantitative estimate of drug-likeness (QED) is 0.302. The van der Waals surface area contributed by atoms with Gasteiger partial charge in [-0.15, -0.1) is 23.1 Å². The van der Waals surface area contributed by atoms with Crippen LogP contribution in [0, 0.1) is 6.92 Å². The van der Waals surface area contributed by atoms with Gasteiger partial charge in [0.1, 0.15) is 0 Å². The number of nitrogens with zero attached hydrogens (tertiary/aromatic N) is 3. The first kappa shape index (κ1) is 21.9. The fourth-order valence-electron chi connectivity index (χ4n) is 3.01. The Morgan fingerprint density at radius 1 is 1.29 bits per heavy atom. The number of aromatic nitrogens is 1. The van der Waals surface area contributed by atoms with Gasteiger partial charge in [0, 0.05) is 16.8 Å². The van der Waals surface area contributed by atoms with E-state index in [0.29, 0.717) is 32.1 Å². The van der Waals surface area contributed by atoms with E-state index in [1.807, 2.05) is 24.4 Å². The first-order chi connectivity index (χ1) is 14.8. The Morgan fingerprint density at radius 3 is 2.77 bits per heavy atom. The number of hydrazine groups is 1. The number of thiazole rings is 1. The summed E-state index contributed by atoms with van der Waals surface area (Å²) in [7, 11) is 0. The number of nitrogens with one attached hydrogen (secondary N) is 1. The highest BCUT2D eigenvalue weighted by atomic mass is 35.5. The van der Waals surface area contributed by atoms with Crippen LogP contribution in [-0.2, 0) is 4.79 Å². The number of aryl methyl sites for hydroxylation is 1. The number of hydrogen-bond acceptors (Lipinski definition) is 7. The third kappa shape index (κ3) is 4.51. The SMILES string of the molecule is Cc1csc(N(N)C(=O)CSC2Nc3ccccc3C(=O)N2c2ccc(Cl)c(Cl)c2)n1. The molecule has 1 aliphatic rings. The second-order valence-electron chi connectivity index (χ2n) is 6.66. The molecule has 3 aromatic rings. The highest BCUT2D eigenvalue weighted by Gasteiger charge is 2.34. The Kier molecular flexibility index (Phi) is 6.40. The van der Waals surface area contributed by atoms with Gasteiger partial charge in [0.15, 0.2) is 5.50 Å². The Balaban J connectivity index is 1.59. The molecule has 0 saturated heterocycles. The minimum absolute atomic E-state index is 0.0278. The van der Waals surface area contributed by atoms with Gasteiger partial charge in [0.2, 0.25) is 5.13 Å². The summed E-state index contributed by atoms with van der Waals surface area (Å²) in [5.74, 6) is 5.42. The lowest BCUT2D eigenvalue weighted by atomic mass is 10.1. The molecule has 7 nitrogen and oxygen atoms in total. The van der Waals surface area contributed by atoms with Gasteiger partial charge in [-0.05, 0) is 37.3 Å². The van der Waals surface area contributed by atoms with Crippen LogP contribution in [0.25, 0.3) is 0 Å². The van der Waals surface area contributed by atoms with Crippen molar-refractivity contribution in [2.24, 2.45) is 5.84 Å². The van der Waals surface area contributed by atoms with Crippen LogP contribution < -0.4 is 21.1 Å². The zero-order valence-corrected chi connectivity index (χ0v) is 19.4. The molecule has 0 fully saturated rings. The van der Waals surface area contributed by atoms with Gasteiger partial charge in [0.05, 0.1) is 27.1 Å². The Hall–Kier alpha value is -2.30. The number of carbonyl (C=O) groups excluding carboxylic acids is 2. The second-order valence-corrected chi connectivity index (χ2v) is 9.38. The zero-order valence-electron chi connectivity index (χ0n) is 16.2. The number of benzene rings is 2. The number of nitrogens with two attached hydrogens (primary N) is 1. The Labute approximate surface area is 197 Å². The van der Waals surface area contributed by atoms with E-state index in [1.54, 1.807) is 35.2 Å². The molecule has 0 radical (unpaired) electrons. The summed E-state index contributed by atoms with van der Waals surface area (Å²) >= 11 is 14.8. The molecule has 0 saturated carbocycles. The minimum Gasteiger partial charge on any atom is -0.356 e. The van der Waals surface area contributed by atoms with E-state index in [9.17, 15) is 9.59 Å². The first-order valence-corrected chi connectivity index (χ1v) is 11.8. The highest BCUT2D eigenvalue weighted by Crippen LogP contribution is 2.36. The molecular weight excluding hydrogens is 477 g/mol. The van der Waals surface area contributed by atoms with Crippen molar-refractivity contribution in [2.45, 2.75) is 12.4 Å². The molecule has 160 valence electrons. The molecule has 4 rings (SSSR count). The number of carbonyl (C=O) groups is 2. The van der Waals surface area contributed by atoms with E-state index in [0.717, 1.165) is 10.7 Å². The molecule has 2 amide bonds. The average molecular weight is 494 g/mol. The molecule has 2 heterocycles. The molecule has 3 N–H and O–H groups in total. The van der Waals surface area contributed by atoms with Crippen molar-refractivity contribution in [3.8, 4) is 0 Å². The number of fused-ring (bicyclic) bond motifs is 1. The van der Waals surface area contributed by atoms with E-state index in [-0.39, 0.29) is 17.6 Å². The summed E-state index contributed by atoms with van der Waals surface area (Å²) in [6.07, 6.45) is 0. The van der Waals surface area contributed by atoms with Crippen molar-refractivity contribution in [3.63, 3.8) is 0 Å². The lowest BCUT2D eigenvalue weighted by Gasteiger charge is -2.37. The van der Waals surface area contributed by atoms with E-state index < -0.39 is 5.50 Å². The maximum absolute atomic E-state index is 13.3. The standard InChI is InChI=1S/C20H17Cl2N5O2S2/c1-11-9-30-20(24-11)27(23)17(28)10-31-19-25-16-5-3-2-4-13(16)18(29)26(19)12-6-7-14(21)15(22)8-12/h2-9,19,25H,10,23H2,1H3. The largest absolute Gasteiger partial charge is 0.356 e. The average Bonchev–Trinajstić information content (AvgIpc) is 3.20. The molecule has 11 heteroatoms. The lowest BCUT2D eigenvalue weighted by Crippen LogP contribution is -2.48. The molecule has 0 aliphatic carbocycles. The molecule has 1 aliphatic heterocycles. The monoisotopic (exact) mass is 493 g/mol.